The van der Waals surface area contributed by atoms with Crippen LogP contribution in [0.3, 0.4) is 0 Å². The molecule has 1 fully saturated rings. The molecule has 0 radical (unpaired) electrons. The lowest BCUT2D eigenvalue weighted by atomic mass is 10.1. The topological polar surface area (TPSA) is 99.3 Å². The fraction of sp³-hybridized carbons (Fsp3) is 0.462. The van der Waals surface area contributed by atoms with Gasteiger partial charge < -0.3 is 5.73 Å². The summed E-state index contributed by atoms with van der Waals surface area (Å²) in [4.78, 5) is 0. The predicted octanol–water partition coefficient (Wildman–Crippen LogP) is 1.64. The summed E-state index contributed by atoms with van der Waals surface area (Å²) in [6, 6.07) is 3.57. The molecule has 1 aliphatic rings. The molecule has 1 saturated heterocycles. The Morgan fingerprint density at radius 3 is 2.81 bits per heavy atom. The third kappa shape index (κ3) is 3.51. The number of nitrogens with zero attached hydrogens (tertiary/aromatic N) is 1. The summed E-state index contributed by atoms with van der Waals surface area (Å²) in [5.74, 6) is -1.10. The van der Waals surface area contributed by atoms with E-state index in [2.05, 4.69) is 4.72 Å². The minimum absolute atomic E-state index is 0.0658. The second-order valence-corrected chi connectivity index (χ2v) is 6.79. The number of nitrogen functional groups attached to an aromatic ring is 1. The maximum absolute atomic E-state index is 13.5. The number of hydrogen-bond donors (Lipinski definition) is 3. The molecule has 1 aliphatic heterocycles. The van der Waals surface area contributed by atoms with Crippen LogP contribution in [0.2, 0.25) is 0 Å². The van der Waals surface area contributed by atoms with Crippen molar-refractivity contribution in [3.8, 4) is 0 Å². The molecule has 0 aromatic heterocycles. The first-order valence-electron chi connectivity index (χ1n) is 6.75. The molecule has 0 spiro atoms. The molecule has 21 heavy (non-hydrogen) atoms. The number of benzene rings is 1. The summed E-state index contributed by atoms with van der Waals surface area (Å²) < 4.78 is 42.0. The Morgan fingerprint density at radius 2 is 2.19 bits per heavy atom. The van der Waals surface area contributed by atoms with E-state index in [1.165, 1.54) is 16.4 Å². The van der Waals surface area contributed by atoms with Gasteiger partial charge in [-0.3, -0.25) is 10.1 Å². The van der Waals surface area contributed by atoms with Gasteiger partial charge in [-0.2, -0.15) is 12.7 Å². The van der Waals surface area contributed by atoms with Crippen molar-refractivity contribution >= 4 is 21.7 Å². The summed E-state index contributed by atoms with van der Waals surface area (Å²) in [5.41, 5.74) is 5.34. The largest absolute Gasteiger partial charge is 0.384 e. The highest BCUT2D eigenvalue weighted by atomic mass is 32.2. The molecule has 0 saturated carbocycles. The smallest absolute Gasteiger partial charge is 0.301 e. The highest BCUT2D eigenvalue weighted by molar-refractivity contribution is 7.90. The third-order valence-electron chi connectivity index (χ3n) is 3.55. The molecule has 0 amide bonds. The van der Waals surface area contributed by atoms with E-state index < -0.39 is 21.9 Å². The maximum atomic E-state index is 13.5. The van der Waals surface area contributed by atoms with Crippen molar-refractivity contribution in [2.24, 2.45) is 5.73 Å². The van der Waals surface area contributed by atoms with Crippen LogP contribution < -0.4 is 10.5 Å². The highest BCUT2D eigenvalue weighted by Gasteiger charge is 2.29. The van der Waals surface area contributed by atoms with Crippen molar-refractivity contribution in [1.82, 2.24) is 4.31 Å². The summed E-state index contributed by atoms with van der Waals surface area (Å²) >= 11 is 0. The lowest BCUT2D eigenvalue weighted by Gasteiger charge is -2.32. The first-order chi connectivity index (χ1) is 9.81. The monoisotopic (exact) mass is 314 g/mol. The molecule has 0 aliphatic carbocycles. The van der Waals surface area contributed by atoms with E-state index >= 15 is 0 Å². The van der Waals surface area contributed by atoms with Crippen LogP contribution in [0.25, 0.3) is 0 Å². The van der Waals surface area contributed by atoms with Gasteiger partial charge in [0.25, 0.3) is 0 Å². The first kappa shape index (κ1) is 15.7. The highest BCUT2D eigenvalue weighted by Crippen LogP contribution is 2.22. The SMILES string of the molecule is CC1CCCCN1S(=O)(=O)Nc1ccc(F)c(C(=N)N)c1. The van der Waals surface area contributed by atoms with Crippen LogP contribution >= 0.6 is 0 Å². The van der Waals surface area contributed by atoms with E-state index in [-0.39, 0.29) is 17.3 Å². The molecule has 6 nitrogen and oxygen atoms in total. The Morgan fingerprint density at radius 1 is 1.48 bits per heavy atom. The molecule has 8 heteroatoms. The Bertz CT molecular complexity index is 648. The van der Waals surface area contributed by atoms with E-state index in [9.17, 15) is 12.8 Å². The van der Waals surface area contributed by atoms with Crippen LogP contribution in [-0.4, -0.2) is 31.1 Å². The van der Waals surface area contributed by atoms with Crippen molar-refractivity contribution in [2.75, 3.05) is 11.3 Å². The van der Waals surface area contributed by atoms with Crippen LogP contribution in [0.15, 0.2) is 18.2 Å². The zero-order chi connectivity index (χ0) is 15.6. The molecule has 116 valence electrons. The van der Waals surface area contributed by atoms with Crippen molar-refractivity contribution in [3.63, 3.8) is 0 Å². The van der Waals surface area contributed by atoms with Crippen molar-refractivity contribution in [1.29, 1.82) is 5.41 Å². The van der Waals surface area contributed by atoms with Crippen molar-refractivity contribution in [2.45, 2.75) is 32.2 Å². The van der Waals surface area contributed by atoms with Crippen LogP contribution in [0, 0.1) is 11.2 Å². The molecule has 1 aromatic rings. The van der Waals surface area contributed by atoms with Gasteiger partial charge in [0.05, 0.1) is 11.3 Å². The number of nitrogens with one attached hydrogen (secondary N) is 2. The summed E-state index contributed by atoms with van der Waals surface area (Å²) in [7, 11) is -3.69. The van der Waals surface area contributed by atoms with Gasteiger partial charge in [0, 0.05) is 12.6 Å². The molecule has 2 rings (SSSR count). The molecule has 1 unspecified atom stereocenters. The van der Waals surface area contributed by atoms with Gasteiger partial charge in [-0.15, -0.1) is 0 Å². The van der Waals surface area contributed by atoms with Crippen molar-refractivity contribution in [3.05, 3.63) is 29.6 Å². The fourth-order valence-corrected chi connectivity index (χ4v) is 3.92. The summed E-state index contributed by atoms with van der Waals surface area (Å²) in [6.07, 6.45) is 2.66. The van der Waals surface area contributed by atoms with Crippen LogP contribution in [0.4, 0.5) is 10.1 Å². The number of piperidine rings is 1. The lowest BCUT2D eigenvalue weighted by Crippen LogP contribution is -2.44. The Hall–Kier alpha value is -1.67. The first-order valence-corrected chi connectivity index (χ1v) is 8.19. The minimum Gasteiger partial charge on any atom is -0.384 e. The van der Waals surface area contributed by atoms with Gasteiger partial charge in [-0.25, -0.2) is 4.39 Å². The molecule has 1 aromatic carbocycles. The Balaban J connectivity index is 2.24. The number of hydrogen-bond acceptors (Lipinski definition) is 3. The molecule has 4 N–H and O–H groups in total. The van der Waals surface area contributed by atoms with Gasteiger partial charge in [0.15, 0.2) is 0 Å². The van der Waals surface area contributed by atoms with Gasteiger partial charge in [-0.1, -0.05) is 6.42 Å². The van der Waals surface area contributed by atoms with E-state index in [1.807, 2.05) is 6.92 Å². The van der Waals surface area contributed by atoms with Crippen LogP contribution in [0.1, 0.15) is 31.7 Å². The van der Waals surface area contributed by atoms with Gasteiger partial charge >= 0.3 is 10.2 Å². The van der Waals surface area contributed by atoms with Crippen LogP contribution in [-0.2, 0) is 10.2 Å². The summed E-state index contributed by atoms with van der Waals surface area (Å²) in [6.45, 7) is 2.33. The lowest BCUT2D eigenvalue weighted by molar-refractivity contribution is 0.270. The number of nitrogens with two attached hydrogens (primary N) is 1. The quantitative estimate of drug-likeness (QED) is 0.582. The Kier molecular flexibility index (Phi) is 4.48. The number of anilines is 1. The van der Waals surface area contributed by atoms with Crippen molar-refractivity contribution < 1.29 is 12.8 Å². The molecule has 1 heterocycles. The maximum Gasteiger partial charge on any atom is 0.301 e. The van der Waals surface area contributed by atoms with E-state index in [0.717, 1.165) is 25.3 Å². The third-order valence-corrected chi connectivity index (χ3v) is 5.21. The summed E-state index contributed by atoms with van der Waals surface area (Å²) in [5, 5.41) is 7.28. The van der Waals surface area contributed by atoms with E-state index in [0.29, 0.717) is 6.54 Å². The molecule has 0 bridgehead atoms. The average Bonchev–Trinajstić information content (AvgIpc) is 2.40. The molecule has 1 atom stereocenters. The predicted molar refractivity (Wildman–Crippen MR) is 80.0 cm³/mol. The van der Waals surface area contributed by atoms with Gasteiger partial charge in [0.1, 0.15) is 11.7 Å². The number of amidine groups is 1. The second kappa shape index (κ2) is 5.98. The molecular formula is C13H19FN4O2S. The minimum atomic E-state index is -3.69. The van der Waals surface area contributed by atoms with E-state index in [1.54, 1.807) is 0 Å². The molecular weight excluding hydrogens is 295 g/mol. The fourth-order valence-electron chi connectivity index (χ4n) is 2.43. The zero-order valence-corrected chi connectivity index (χ0v) is 12.6. The standard InChI is InChI=1S/C13H19FN4O2S/c1-9-4-2-3-7-18(9)21(19,20)17-10-5-6-12(14)11(8-10)13(15)16/h5-6,8-9,17H,2-4,7H2,1H3,(H3,15,16). The number of rotatable bonds is 4. The normalized spacial score (nSPS) is 20.2. The van der Waals surface area contributed by atoms with Gasteiger partial charge in [-0.05, 0) is 38.0 Å². The number of halogens is 1. The Labute approximate surface area is 123 Å². The van der Waals surface area contributed by atoms with Gasteiger partial charge in [0.2, 0.25) is 0 Å². The van der Waals surface area contributed by atoms with E-state index in [4.69, 9.17) is 11.1 Å². The average molecular weight is 314 g/mol. The zero-order valence-electron chi connectivity index (χ0n) is 11.8. The second-order valence-electron chi connectivity index (χ2n) is 5.17. The van der Waals surface area contributed by atoms with Crippen LogP contribution in [0.5, 0.6) is 0 Å².